The Kier molecular flexibility index (Phi) is 5.58. The van der Waals surface area contributed by atoms with Crippen molar-refractivity contribution < 1.29 is 0 Å². The smallest absolute Gasteiger partial charge is 0.0940 e. The highest BCUT2D eigenvalue weighted by molar-refractivity contribution is 7.09. The molecule has 2 heterocycles. The highest BCUT2D eigenvalue weighted by Crippen LogP contribution is 2.24. The number of nitrogens with zero attached hydrogens (tertiary/aromatic N) is 2. The van der Waals surface area contributed by atoms with Crippen LogP contribution >= 0.6 is 11.3 Å². The van der Waals surface area contributed by atoms with Crippen LogP contribution in [0, 0.1) is 6.92 Å². The average molecular weight is 295 g/mol. The zero-order valence-corrected chi connectivity index (χ0v) is 14.2. The largest absolute Gasteiger partial charge is 0.308 e. The quantitative estimate of drug-likeness (QED) is 0.873. The molecule has 1 atom stereocenters. The molecular formula is C16H29N3S. The highest BCUT2D eigenvalue weighted by atomic mass is 32.1. The van der Waals surface area contributed by atoms with Crippen molar-refractivity contribution in [2.24, 2.45) is 0 Å². The van der Waals surface area contributed by atoms with Gasteiger partial charge in [0, 0.05) is 48.7 Å². The fourth-order valence-corrected chi connectivity index (χ4v) is 3.95. The van der Waals surface area contributed by atoms with Gasteiger partial charge in [-0.3, -0.25) is 4.90 Å². The molecule has 4 heteroatoms. The summed E-state index contributed by atoms with van der Waals surface area (Å²) >= 11 is 1.80. The molecule has 1 unspecified atom stereocenters. The number of piperazine rings is 1. The van der Waals surface area contributed by atoms with E-state index < -0.39 is 0 Å². The molecule has 0 bridgehead atoms. The van der Waals surface area contributed by atoms with Gasteiger partial charge in [0.05, 0.1) is 5.01 Å². The Labute approximate surface area is 127 Å². The van der Waals surface area contributed by atoms with Crippen molar-refractivity contribution in [3.63, 3.8) is 0 Å². The van der Waals surface area contributed by atoms with E-state index in [1.807, 2.05) is 0 Å². The summed E-state index contributed by atoms with van der Waals surface area (Å²) in [4.78, 5) is 7.29. The fraction of sp³-hybridized carbons (Fsp3) is 0.812. The van der Waals surface area contributed by atoms with Gasteiger partial charge in [-0.1, -0.05) is 20.8 Å². The summed E-state index contributed by atoms with van der Waals surface area (Å²) in [5.74, 6) is 0. The Morgan fingerprint density at radius 3 is 2.70 bits per heavy atom. The average Bonchev–Trinajstić information content (AvgIpc) is 2.90. The van der Waals surface area contributed by atoms with Gasteiger partial charge < -0.3 is 5.32 Å². The molecule has 1 fully saturated rings. The molecule has 1 aliphatic rings. The van der Waals surface area contributed by atoms with Crippen LogP contribution in [0.15, 0.2) is 5.38 Å². The van der Waals surface area contributed by atoms with Gasteiger partial charge in [0.25, 0.3) is 0 Å². The van der Waals surface area contributed by atoms with Gasteiger partial charge in [0.2, 0.25) is 0 Å². The second kappa shape index (κ2) is 7.01. The minimum absolute atomic E-state index is 0.324. The molecule has 1 aromatic heterocycles. The zero-order valence-electron chi connectivity index (χ0n) is 13.4. The molecule has 2 rings (SSSR count). The molecule has 1 N–H and O–H groups in total. The van der Waals surface area contributed by atoms with Gasteiger partial charge in [-0.2, -0.15) is 0 Å². The third kappa shape index (κ3) is 3.60. The van der Waals surface area contributed by atoms with Crippen molar-refractivity contribution in [1.82, 2.24) is 15.2 Å². The van der Waals surface area contributed by atoms with E-state index in [9.17, 15) is 0 Å². The molecule has 114 valence electrons. The normalized spacial score (nSPS) is 23.1. The van der Waals surface area contributed by atoms with Crippen molar-refractivity contribution in [3.8, 4) is 0 Å². The number of nitrogens with one attached hydrogen (secondary N) is 1. The second-order valence-electron chi connectivity index (χ2n) is 6.03. The van der Waals surface area contributed by atoms with Crippen molar-refractivity contribution in [3.05, 3.63) is 16.1 Å². The number of hydrogen-bond donors (Lipinski definition) is 1. The molecule has 1 saturated heterocycles. The van der Waals surface area contributed by atoms with E-state index in [4.69, 9.17) is 0 Å². The van der Waals surface area contributed by atoms with Crippen molar-refractivity contribution >= 4 is 11.3 Å². The van der Waals surface area contributed by atoms with Crippen LogP contribution in [0.4, 0.5) is 0 Å². The van der Waals surface area contributed by atoms with Gasteiger partial charge >= 0.3 is 0 Å². The molecule has 1 aliphatic heterocycles. The minimum atomic E-state index is 0.324. The minimum Gasteiger partial charge on any atom is -0.308 e. The predicted molar refractivity (Wildman–Crippen MR) is 87.5 cm³/mol. The third-order valence-electron chi connectivity index (χ3n) is 4.84. The van der Waals surface area contributed by atoms with E-state index in [1.165, 1.54) is 30.8 Å². The van der Waals surface area contributed by atoms with Crippen LogP contribution in [0.1, 0.15) is 50.7 Å². The van der Waals surface area contributed by atoms with Crippen molar-refractivity contribution in [1.29, 1.82) is 0 Å². The summed E-state index contributed by atoms with van der Waals surface area (Å²) in [7, 11) is 0. The maximum Gasteiger partial charge on any atom is 0.0940 e. The summed E-state index contributed by atoms with van der Waals surface area (Å²) in [6, 6.07) is 0.683. The summed E-state index contributed by atoms with van der Waals surface area (Å²) in [5, 5.41) is 7.26. The van der Waals surface area contributed by atoms with Crippen LogP contribution in [0.3, 0.4) is 0 Å². The second-order valence-corrected chi connectivity index (χ2v) is 6.98. The van der Waals surface area contributed by atoms with Crippen LogP contribution in [0.5, 0.6) is 0 Å². The number of thiazole rings is 1. The standard InChI is InChI=1S/C16H29N3S/c1-5-14-10-17-16(6-2,7-3)12-19(14)9-8-15-18-13(4)11-20-15/h11,14,17H,5-10,12H2,1-4H3. The van der Waals surface area contributed by atoms with Crippen LogP contribution < -0.4 is 5.32 Å². The first kappa shape index (κ1) is 15.9. The summed E-state index contributed by atoms with van der Waals surface area (Å²) in [6.07, 6.45) is 4.76. The predicted octanol–water partition coefficient (Wildman–Crippen LogP) is 3.24. The summed E-state index contributed by atoms with van der Waals surface area (Å²) < 4.78 is 0. The molecular weight excluding hydrogens is 266 g/mol. The third-order valence-corrected chi connectivity index (χ3v) is 5.87. The molecule has 1 aromatic rings. The number of aromatic nitrogens is 1. The van der Waals surface area contributed by atoms with E-state index in [-0.39, 0.29) is 0 Å². The highest BCUT2D eigenvalue weighted by Gasteiger charge is 2.35. The SMILES string of the molecule is CCC1CNC(CC)(CC)CN1CCc1nc(C)cs1. The first-order valence-electron chi connectivity index (χ1n) is 8.02. The van der Waals surface area contributed by atoms with Gasteiger partial charge in [0.15, 0.2) is 0 Å². The lowest BCUT2D eigenvalue weighted by molar-refractivity contribution is 0.0716. The Balaban J connectivity index is 1.98. The van der Waals surface area contributed by atoms with Crippen LogP contribution in [0.2, 0.25) is 0 Å². The Morgan fingerprint density at radius 1 is 1.40 bits per heavy atom. The summed E-state index contributed by atoms with van der Waals surface area (Å²) in [6.45, 7) is 12.5. The molecule has 3 nitrogen and oxygen atoms in total. The summed E-state index contributed by atoms with van der Waals surface area (Å²) in [5.41, 5.74) is 1.48. The zero-order chi connectivity index (χ0) is 14.6. The van der Waals surface area contributed by atoms with Gasteiger partial charge in [-0.25, -0.2) is 4.98 Å². The Bertz CT molecular complexity index is 412. The number of rotatable bonds is 6. The molecule has 0 amide bonds. The molecule has 0 saturated carbocycles. The van der Waals surface area contributed by atoms with Crippen LogP contribution in [-0.4, -0.2) is 41.1 Å². The van der Waals surface area contributed by atoms with E-state index in [1.54, 1.807) is 11.3 Å². The molecule has 0 aliphatic carbocycles. The molecule has 20 heavy (non-hydrogen) atoms. The lowest BCUT2D eigenvalue weighted by atomic mass is 9.88. The number of hydrogen-bond acceptors (Lipinski definition) is 4. The molecule has 0 aromatic carbocycles. The number of aryl methyl sites for hydroxylation is 1. The van der Waals surface area contributed by atoms with E-state index >= 15 is 0 Å². The monoisotopic (exact) mass is 295 g/mol. The fourth-order valence-electron chi connectivity index (χ4n) is 3.18. The van der Waals surface area contributed by atoms with Crippen molar-refractivity contribution in [2.45, 2.75) is 65.0 Å². The Morgan fingerprint density at radius 2 is 2.15 bits per heavy atom. The first-order chi connectivity index (χ1) is 9.62. The van der Waals surface area contributed by atoms with Crippen LogP contribution in [0.25, 0.3) is 0 Å². The van der Waals surface area contributed by atoms with Gasteiger partial charge in [-0.05, 0) is 26.2 Å². The molecule has 0 spiro atoms. The van der Waals surface area contributed by atoms with E-state index in [2.05, 4.69) is 48.3 Å². The molecule has 0 radical (unpaired) electrons. The van der Waals surface area contributed by atoms with Crippen LogP contribution in [-0.2, 0) is 6.42 Å². The first-order valence-corrected chi connectivity index (χ1v) is 8.90. The van der Waals surface area contributed by atoms with E-state index in [0.717, 1.165) is 25.2 Å². The van der Waals surface area contributed by atoms with Gasteiger partial charge in [-0.15, -0.1) is 11.3 Å². The van der Waals surface area contributed by atoms with E-state index in [0.29, 0.717) is 11.6 Å². The maximum atomic E-state index is 4.60. The van der Waals surface area contributed by atoms with Gasteiger partial charge in [0.1, 0.15) is 0 Å². The maximum absolute atomic E-state index is 4.60. The Hall–Kier alpha value is -0.450. The van der Waals surface area contributed by atoms with Crippen molar-refractivity contribution in [2.75, 3.05) is 19.6 Å². The lowest BCUT2D eigenvalue weighted by Crippen LogP contribution is -2.63. The topological polar surface area (TPSA) is 28.2 Å². The lowest BCUT2D eigenvalue weighted by Gasteiger charge is -2.47.